The van der Waals surface area contributed by atoms with Crippen LogP contribution in [0.1, 0.15) is 18.1 Å². The quantitative estimate of drug-likeness (QED) is 0.439. The summed E-state index contributed by atoms with van der Waals surface area (Å²) in [6, 6.07) is 17.6. The molecule has 0 aliphatic carbocycles. The van der Waals surface area contributed by atoms with E-state index in [4.69, 9.17) is 14.2 Å². The number of ether oxygens (including phenoxy) is 3. The molecule has 1 aliphatic rings. The standard InChI is InChI=1S/C21H23F3O7S/c1-14(28-12-15-8-4-2-5-9-15)17-18(31-32(26,27)21(22,23)24)19(20(25)30-17)29-13-16-10-6-3-7-11-16/h2-11,14,17-20,25H,12-13H2,1H3/t14-,17+,18+,19+,20?/m0/s1. The number of rotatable bonds is 9. The number of alkyl halides is 3. The van der Waals surface area contributed by atoms with Crippen LogP contribution in [0.25, 0.3) is 0 Å². The first-order valence-electron chi connectivity index (χ1n) is 9.72. The third-order valence-corrected chi connectivity index (χ3v) is 5.89. The van der Waals surface area contributed by atoms with Crippen LogP contribution in [-0.4, -0.2) is 49.7 Å². The molecule has 2 aromatic rings. The van der Waals surface area contributed by atoms with Crippen molar-refractivity contribution >= 4 is 10.1 Å². The molecule has 176 valence electrons. The van der Waals surface area contributed by atoms with Gasteiger partial charge in [-0.15, -0.1) is 0 Å². The second kappa shape index (κ2) is 10.3. The van der Waals surface area contributed by atoms with Crippen LogP contribution in [0.2, 0.25) is 0 Å². The Labute approximate surface area is 183 Å². The van der Waals surface area contributed by atoms with E-state index in [0.717, 1.165) is 5.56 Å². The molecule has 0 spiro atoms. The van der Waals surface area contributed by atoms with Crippen molar-refractivity contribution in [2.75, 3.05) is 0 Å². The summed E-state index contributed by atoms with van der Waals surface area (Å²) in [5.41, 5.74) is -4.20. The minimum Gasteiger partial charge on any atom is -0.371 e. The summed E-state index contributed by atoms with van der Waals surface area (Å²) in [5, 5.41) is 10.3. The summed E-state index contributed by atoms with van der Waals surface area (Å²) in [6.45, 7) is 1.46. The van der Waals surface area contributed by atoms with E-state index in [9.17, 15) is 26.7 Å². The maximum absolute atomic E-state index is 13.0. The van der Waals surface area contributed by atoms with E-state index in [1.54, 1.807) is 54.6 Å². The normalized spacial score (nSPS) is 25.0. The lowest BCUT2D eigenvalue weighted by Gasteiger charge is -2.27. The predicted molar refractivity (Wildman–Crippen MR) is 106 cm³/mol. The zero-order valence-electron chi connectivity index (χ0n) is 17.0. The largest absolute Gasteiger partial charge is 0.523 e. The van der Waals surface area contributed by atoms with Gasteiger partial charge in [-0.25, -0.2) is 0 Å². The van der Waals surface area contributed by atoms with Gasteiger partial charge in [0.2, 0.25) is 0 Å². The van der Waals surface area contributed by atoms with Crippen LogP contribution in [0, 0.1) is 0 Å². The lowest BCUT2D eigenvalue weighted by molar-refractivity contribution is -0.162. The summed E-state index contributed by atoms with van der Waals surface area (Å²) in [5.74, 6) is 0. The minimum atomic E-state index is -5.98. The number of hydrogen-bond donors (Lipinski definition) is 1. The van der Waals surface area contributed by atoms with Gasteiger partial charge in [-0.1, -0.05) is 60.7 Å². The monoisotopic (exact) mass is 476 g/mol. The molecule has 0 bridgehead atoms. The van der Waals surface area contributed by atoms with E-state index < -0.39 is 46.3 Å². The van der Waals surface area contributed by atoms with E-state index in [0.29, 0.717) is 5.56 Å². The predicted octanol–water partition coefficient (Wildman–Crippen LogP) is 3.13. The van der Waals surface area contributed by atoms with Gasteiger partial charge < -0.3 is 19.3 Å². The number of hydrogen-bond acceptors (Lipinski definition) is 7. The molecule has 0 saturated carbocycles. The SMILES string of the molecule is C[C@H](OCc1ccccc1)[C@H]1OC(O)[C@H](OCc2ccccc2)[C@@H]1OS(=O)(=O)C(F)(F)F. The van der Waals surface area contributed by atoms with E-state index in [2.05, 4.69) is 4.18 Å². The highest BCUT2D eigenvalue weighted by molar-refractivity contribution is 7.87. The molecule has 7 nitrogen and oxygen atoms in total. The van der Waals surface area contributed by atoms with Gasteiger partial charge >= 0.3 is 15.6 Å². The molecule has 1 heterocycles. The molecule has 11 heteroatoms. The van der Waals surface area contributed by atoms with Crippen LogP contribution >= 0.6 is 0 Å². The van der Waals surface area contributed by atoms with Gasteiger partial charge in [-0.05, 0) is 18.1 Å². The Hall–Kier alpha value is -2.02. The Morgan fingerprint density at radius 2 is 1.50 bits per heavy atom. The average molecular weight is 476 g/mol. The Morgan fingerprint density at radius 3 is 2.03 bits per heavy atom. The van der Waals surface area contributed by atoms with Crippen molar-refractivity contribution in [3.8, 4) is 0 Å². The summed E-state index contributed by atoms with van der Waals surface area (Å²) >= 11 is 0. The van der Waals surface area contributed by atoms with Gasteiger partial charge in [0.15, 0.2) is 6.29 Å². The first kappa shape index (κ1) is 24.6. The fraction of sp³-hybridized carbons (Fsp3) is 0.429. The second-order valence-corrected chi connectivity index (χ2v) is 8.78. The van der Waals surface area contributed by atoms with Crippen LogP contribution in [-0.2, 0) is 41.7 Å². The molecule has 1 aliphatic heterocycles. The zero-order chi connectivity index (χ0) is 23.4. The van der Waals surface area contributed by atoms with E-state index >= 15 is 0 Å². The number of halogens is 3. The van der Waals surface area contributed by atoms with Crippen molar-refractivity contribution < 1.29 is 45.1 Å². The van der Waals surface area contributed by atoms with E-state index in [-0.39, 0.29) is 13.2 Å². The van der Waals surface area contributed by atoms with Crippen molar-refractivity contribution in [1.82, 2.24) is 0 Å². The van der Waals surface area contributed by atoms with Crippen molar-refractivity contribution in [2.45, 2.75) is 56.4 Å². The maximum Gasteiger partial charge on any atom is 0.523 e. The molecule has 1 fully saturated rings. The Bertz CT molecular complexity index is 954. The van der Waals surface area contributed by atoms with E-state index in [1.807, 2.05) is 6.07 Å². The molecule has 3 rings (SSSR count). The number of aliphatic hydroxyl groups is 1. The van der Waals surface area contributed by atoms with Gasteiger partial charge in [0.1, 0.15) is 18.3 Å². The highest BCUT2D eigenvalue weighted by Crippen LogP contribution is 2.34. The van der Waals surface area contributed by atoms with Gasteiger partial charge in [0.25, 0.3) is 0 Å². The van der Waals surface area contributed by atoms with Crippen LogP contribution in [0.4, 0.5) is 13.2 Å². The lowest BCUT2D eigenvalue weighted by atomic mass is 10.1. The summed E-state index contributed by atoms with van der Waals surface area (Å²) in [7, 11) is -5.98. The highest BCUT2D eigenvalue weighted by atomic mass is 32.2. The maximum atomic E-state index is 13.0. The highest BCUT2D eigenvalue weighted by Gasteiger charge is 2.56. The molecule has 0 aromatic heterocycles. The third-order valence-electron chi connectivity index (χ3n) is 4.85. The molecule has 1 N–H and O–H groups in total. The third kappa shape index (κ3) is 6.06. The summed E-state index contributed by atoms with van der Waals surface area (Å²) in [6.07, 6.45) is -7.28. The number of aliphatic hydroxyl groups excluding tert-OH is 1. The Morgan fingerprint density at radius 1 is 0.969 bits per heavy atom. The zero-order valence-corrected chi connectivity index (χ0v) is 17.8. The molecule has 1 saturated heterocycles. The summed E-state index contributed by atoms with van der Waals surface area (Å²) < 4.78 is 83.3. The van der Waals surface area contributed by atoms with Crippen LogP contribution in [0.5, 0.6) is 0 Å². The van der Waals surface area contributed by atoms with Crippen molar-refractivity contribution in [1.29, 1.82) is 0 Å². The van der Waals surface area contributed by atoms with Crippen LogP contribution in [0.15, 0.2) is 60.7 Å². The molecular weight excluding hydrogens is 453 g/mol. The first-order valence-corrected chi connectivity index (χ1v) is 11.1. The minimum absolute atomic E-state index is 0.0895. The molecule has 0 amide bonds. The smallest absolute Gasteiger partial charge is 0.371 e. The van der Waals surface area contributed by atoms with Crippen molar-refractivity contribution in [3.63, 3.8) is 0 Å². The van der Waals surface area contributed by atoms with E-state index in [1.165, 1.54) is 6.92 Å². The molecule has 0 radical (unpaired) electrons. The average Bonchev–Trinajstić information content (AvgIpc) is 3.06. The Balaban J connectivity index is 1.77. The van der Waals surface area contributed by atoms with Gasteiger partial charge in [0.05, 0.1) is 19.3 Å². The fourth-order valence-electron chi connectivity index (χ4n) is 3.19. The van der Waals surface area contributed by atoms with Crippen LogP contribution in [0.3, 0.4) is 0 Å². The van der Waals surface area contributed by atoms with Crippen LogP contribution < -0.4 is 0 Å². The molecule has 5 atom stereocenters. The van der Waals surface area contributed by atoms with Gasteiger partial charge in [-0.2, -0.15) is 21.6 Å². The Kier molecular flexibility index (Phi) is 7.91. The first-order chi connectivity index (χ1) is 15.1. The van der Waals surface area contributed by atoms with Gasteiger partial charge in [-0.3, -0.25) is 4.18 Å². The molecule has 1 unspecified atom stereocenters. The second-order valence-electron chi connectivity index (χ2n) is 7.21. The van der Waals surface area contributed by atoms with Crippen molar-refractivity contribution in [3.05, 3.63) is 71.8 Å². The lowest BCUT2D eigenvalue weighted by Crippen LogP contribution is -2.45. The van der Waals surface area contributed by atoms with Gasteiger partial charge in [0, 0.05) is 0 Å². The fourth-order valence-corrected chi connectivity index (χ4v) is 3.81. The molecular formula is C21H23F3O7S. The topological polar surface area (TPSA) is 91.3 Å². The summed E-state index contributed by atoms with van der Waals surface area (Å²) in [4.78, 5) is 0. The van der Waals surface area contributed by atoms with Crippen molar-refractivity contribution in [2.24, 2.45) is 0 Å². The molecule has 32 heavy (non-hydrogen) atoms. The molecule has 2 aromatic carbocycles. The number of benzene rings is 2.